The van der Waals surface area contributed by atoms with Crippen LogP contribution in [0.3, 0.4) is 0 Å². The number of amides is 1. The average molecular weight is 417 g/mol. The molecular weight excluding hydrogens is 392 g/mol. The maximum Gasteiger partial charge on any atom is 0.331 e. The van der Waals surface area contributed by atoms with Crippen molar-refractivity contribution in [3.8, 4) is 5.75 Å². The van der Waals surface area contributed by atoms with Crippen molar-refractivity contribution in [2.45, 2.75) is 25.8 Å². The summed E-state index contributed by atoms with van der Waals surface area (Å²) in [4.78, 5) is 25.7. The van der Waals surface area contributed by atoms with Crippen molar-refractivity contribution in [3.63, 3.8) is 0 Å². The van der Waals surface area contributed by atoms with E-state index in [9.17, 15) is 9.59 Å². The number of methoxy groups -OCH3 is 2. The number of nitrogens with one attached hydrogen (secondary N) is 1. The van der Waals surface area contributed by atoms with E-state index in [1.165, 1.54) is 26.4 Å². The lowest BCUT2D eigenvalue weighted by Gasteiger charge is -2.27. The molecule has 1 amide bonds. The number of hydrogen-bond acceptors (Lipinski definition) is 8. The van der Waals surface area contributed by atoms with Crippen LogP contribution in [0.1, 0.15) is 30.4 Å². The number of piperidine rings is 1. The minimum atomic E-state index is -0.591. The molecule has 0 spiro atoms. The third-order valence-electron chi connectivity index (χ3n) is 4.60. The topological polar surface area (TPSA) is 92.6 Å². The van der Waals surface area contributed by atoms with Crippen molar-refractivity contribution in [1.29, 1.82) is 0 Å². The average Bonchev–Trinajstić information content (AvgIpc) is 3.08. The van der Waals surface area contributed by atoms with Gasteiger partial charge in [-0.25, -0.2) is 4.79 Å². The van der Waals surface area contributed by atoms with Gasteiger partial charge in [-0.1, -0.05) is 6.42 Å². The Balaban J connectivity index is 1.68. The maximum absolute atomic E-state index is 11.8. The SMILES string of the molecule is COC(=O)/C=C1/S/C(=N\N=Cc2ccc(OC)c(CN3CCCCC3)c2)NC1=O. The van der Waals surface area contributed by atoms with Gasteiger partial charge in [-0.15, -0.1) is 5.10 Å². The van der Waals surface area contributed by atoms with E-state index in [-0.39, 0.29) is 4.91 Å². The lowest BCUT2D eigenvalue weighted by molar-refractivity contribution is -0.135. The van der Waals surface area contributed by atoms with Crippen LogP contribution in [0.2, 0.25) is 0 Å². The molecule has 2 aliphatic heterocycles. The second-order valence-electron chi connectivity index (χ2n) is 6.65. The molecule has 0 saturated carbocycles. The second kappa shape index (κ2) is 10.2. The molecule has 154 valence electrons. The van der Waals surface area contributed by atoms with Crippen molar-refractivity contribution < 1.29 is 19.1 Å². The zero-order valence-corrected chi connectivity index (χ0v) is 17.3. The summed E-state index contributed by atoms with van der Waals surface area (Å²) in [6, 6.07) is 5.88. The molecule has 0 aromatic heterocycles. The Morgan fingerprint density at radius 3 is 2.79 bits per heavy atom. The van der Waals surface area contributed by atoms with Crippen molar-refractivity contribution >= 4 is 35.0 Å². The van der Waals surface area contributed by atoms with E-state index in [0.717, 1.165) is 54.3 Å². The molecule has 0 unspecified atom stereocenters. The van der Waals surface area contributed by atoms with Crippen LogP contribution in [0.5, 0.6) is 5.75 Å². The van der Waals surface area contributed by atoms with Crippen molar-refractivity contribution in [2.24, 2.45) is 10.2 Å². The number of esters is 1. The number of benzene rings is 1. The number of rotatable bonds is 6. The Labute approximate surface area is 174 Å². The molecule has 0 atom stereocenters. The van der Waals surface area contributed by atoms with Gasteiger partial charge in [0.25, 0.3) is 5.91 Å². The maximum atomic E-state index is 11.8. The Morgan fingerprint density at radius 1 is 1.28 bits per heavy atom. The van der Waals surface area contributed by atoms with Crippen molar-refractivity contribution in [3.05, 3.63) is 40.3 Å². The number of nitrogens with zero attached hydrogens (tertiary/aromatic N) is 3. The Hall–Kier alpha value is -2.65. The van der Waals surface area contributed by atoms with Crippen molar-refractivity contribution in [2.75, 3.05) is 27.3 Å². The van der Waals surface area contributed by atoms with E-state index in [1.807, 2.05) is 18.2 Å². The molecule has 9 heteroatoms. The molecule has 1 aromatic carbocycles. The zero-order chi connectivity index (χ0) is 20.6. The molecule has 1 aromatic rings. The van der Waals surface area contributed by atoms with Crippen LogP contribution in [-0.4, -0.2) is 55.5 Å². The first-order valence-corrected chi connectivity index (χ1v) is 10.2. The number of amidine groups is 1. The third-order valence-corrected chi connectivity index (χ3v) is 5.50. The fourth-order valence-corrected chi connectivity index (χ4v) is 3.89. The fourth-order valence-electron chi connectivity index (χ4n) is 3.15. The van der Waals surface area contributed by atoms with Gasteiger partial charge in [-0.2, -0.15) is 5.10 Å². The fraction of sp³-hybridized carbons (Fsp3) is 0.400. The highest BCUT2D eigenvalue weighted by atomic mass is 32.2. The molecule has 29 heavy (non-hydrogen) atoms. The van der Waals surface area contributed by atoms with Crippen LogP contribution < -0.4 is 10.1 Å². The molecule has 0 radical (unpaired) electrons. The summed E-state index contributed by atoms with van der Waals surface area (Å²) in [7, 11) is 2.93. The Bertz CT molecular complexity index is 860. The minimum Gasteiger partial charge on any atom is -0.496 e. The zero-order valence-electron chi connectivity index (χ0n) is 16.5. The predicted molar refractivity (Wildman–Crippen MR) is 113 cm³/mol. The second-order valence-corrected chi connectivity index (χ2v) is 7.68. The minimum absolute atomic E-state index is 0.221. The van der Waals surface area contributed by atoms with Crippen LogP contribution in [0.15, 0.2) is 39.4 Å². The first-order valence-electron chi connectivity index (χ1n) is 9.38. The quantitative estimate of drug-likeness (QED) is 0.331. The summed E-state index contributed by atoms with van der Waals surface area (Å²) in [5.41, 5.74) is 2.00. The van der Waals surface area contributed by atoms with Gasteiger partial charge in [-0.3, -0.25) is 15.0 Å². The van der Waals surface area contributed by atoms with E-state index in [1.54, 1.807) is 13.3 Å². The van der Waals surface area contributed by atoms with Crippen LogP contribution >= 0.6 is 11.8 Å². The van der Waals surface area contributed by atoms with Gasteiger partial charge in [0.05, 0.1) is 25.3 Å². The molecule has 2 aliphatic rings. The van der Waals surface area contributed by atoms with Gasteiger partial charge < -0.3 is 9.47 Å². The number of hydrogen-bond donors (Lipinski definition) is 1. The number of likely N-dealkylation sites (tertiary alicyclic amines) is 1. The Kier molecular flexibility index (Phi) is 7.42. The van der Waals surface area contributed by atoms with Crippen LogP contribution in [0.25, 0.3) is 0 Å². The molecule has 0 bridgehead atoms. The predicted octanol–water partition coefficient (Wildman–Crippen LogP) is 2.29. The van der Waals surface area contributed by atoms with Crippen LogP contribution in [-0.2, 0) is 20.9 Å². The van der Waals surface area contributed by atoms with Crippen molar-refractivity contribution in [1.82, 2.24) is 10.2 Å². The monoisotopic (exact) mass is 416 g/mol. The number of carbonyl (C=O) groups excluding carboxylic acids is 2. The van der Waals surface area contributed by atoms with Crippen LogP contribution in [0.4, 0.5) is 0 Å². The van der Waals surface area contributed by atoms with Gasteiger partial charge in [0, 0.05) is 18.2 Å². The first kappa shape index (κ1) is 21.1. The van der Waals surface area contributed by atoms with Gasteiger partial charge in [0.1, 0.15) is 5.75 Å². The van der Waals surface area contributed by atoms with Gasteiger partial charge in [-0.05, 0) is 61.5 Å². The summed E-state index contributed by atoms with van der Waals surface area (Å²) in [5, 5.41) is 11.0. The Morgan fingerprint density at radius 2 is 2.07 bits per heavy atom. The number of thioether (sulfide) groups is 1. The van der Waals surface area contributed by atoms with Gasteiger partial charge in [0.15, 0.2) is 5.17 Å². The first-order chi connectivity index (χ1) is 14.1. The van der Waals surface area contributed by atoms with E-state index in [0.29, 0.717) is 5.17 Å². The van der Waals surface area contributed by atoms with E-state index < -0.39 is 11.9 Å². The molecular formula is C20H24N4O4S. The smallest absolute Gasteiger partial charge is 0.331 e. The van der Waals surface area contributed by atoms with Gasteiger partial charge in [0.2, 0.25) is 0 Å². The normalized spacial score (nSPS) is 20.4. The summed E-state index contributed by atoms with van der Waals surface area (Å²) >= 11 is 1.04. The number of ether oxygens (including phenoxy) is 2. The lowest BCUT2D eigenvalue weighted by atomic mass is 10.1. The molecule has 2 heterocycles. The van der Waals surface area contributed by atoms with Crippen LogP contribution in [0, 0.1) is 0 Å². The summed E-state index contributed by atoms with van der Waals surface area (Å²) in [5.74, 6) is -0.135. The van der Waals surface area contributed by atoms with E-state index in [4.69, 9.17) is 4.74 Å². The highest BCUT2D eigenvalue weighted by molar-refractivity contribution is 8.18. The highest BCUT2D eigenvalue weighted by Gasteiger charge is 2.25. The molecule has 2 saturated heterocycles. The summed E-state index contributed by atoms with van der Waals surface area (Å²) in [6.45, 7) is 3.05. The standard InChI is InChI=1S/C20H24N4O4S/c1-27-16-7-6-14(10-15(16)13-24-8-4-3-5-9-24)12-21-23-20-22-19(26)17(29-20)11-18(25)28-2/h6-7,10-12H,3-5,8-9,13H2,1-2H3,(H,22,23,26)/b17-11+,21-12?. The lowest BCUT2D eigenvalue weighted by Crippen LogP contribution is -2.29. The molecule has 1 N–H and O–H groups in total. The molecule has 2 fully saturated rings. The van der Waals surface area contributed by atoms with E-state index in [2.05, 4.69) is 25.2 Å². The highest BCUT2D eigenvalue weighted by Crippen LogP contribution is 2.24. The largest absolute Gasteiger partial charge is 0.496 e. The third kappa shape index (κ3) is 5.91. The summed E-state index contributed by atoms with van der Waals surface area (Å²) in [6.07, 6.45) is 6.52. The molecule has 0 aliphatic carbocycles. The molecule has 8 nitrogen and oxygen atoms in total. The summed E-state index contributed by atoms with van der Waals surface area (Å²) < 4.78 is 10.0. The number of carbonyl (C=O) groups is 2. The molecule has 3 rings (SSSR count). The van der Waals surface area contributed by atoms with E-state index >= 15 is 0 Å². The van der Waals surface area contributed by atoms with Gasteiger partial charge >= 0.3 is 5.97 Å².